The average Bonchev–Trinajstić information content (AvgIpc) is 2.39. The van der Waals surface area contributed by atoms with Crippen LogP contribution >= 0.6 is 15.9 Å². The first kappa shape index (κ1) is 13.3. The molecule has 1 aliphatic heterocycles. The molecule has 1 heterocycles. The van der Waals surface area contributed by atoms with Crippen LogP contribution < -0.4 is 10.8 Å². The van der Waals surface area contributed by atoms with Crippen molar-refractivity contribution in [1.82, 2.24) is 0 Å². The highest BCUT2D eigenvalue weighted by atomic mass is 79.9. The standard InChI is InChI=1S/C12H16BrN3O2/c13-8-5-10(9(7-14)11(6-8)16-17)15-12-3-1-2-4-18-12/h5-7,12,14-17H,1-4H2. The summed E-state index contributed by atoms with van der Waals surface area (Å²) >= 11 is 3.37. The normalized spacial score (nSPS) is 19.3. The number of anilines is 2. The van der Waals surface area contributed by atoms with Crippen LogP contribution in [-0.2, 0) is 4.74 Å². The zero-order chi connectivity index (χ0) is 13.0. The van der Waals surface area contributed by atoms with Gasteiger partial charge in [0.15, 0.2) is 0 Å². The molecule has 0 aromatic heterocycles. The van der Waals surface area contributed by atoms with E-state index in [1.807, 2.05) is 6.07 Å². The van der Waals surface area contributed by atoms with Crippen LogP contribution in [0.15, 0.2) is 16.6 Å². The number of nitrogens with one attached hydrogen (secondary N) is 3. The molecule has 1 aliphatic rings. The van der Waals surface area contributed by atoms with Gasteiger partial charge in [-0.2, -0.15) is 0 Å². The molecule has 4 N–H and O–H groups in total. The van der Waals surface area contributed by atoms with Gasteiger partial charge in [0.25, 0.3) is 0 Å². The van der Waals surface area contributed by atoms with Crippen LogP contribution in [-0.4, -0.2) is 24.3 Å². The van der Waals surface area contributed by atoms with Gasteiger partial charge in [0.1, 0.15) is 6.23 Å². The summed E-state index contributed by atoms with van der Waals surface area (Å²) in [4.78, 5) is 0. The maximum atomic E-state index is 9.07. The van der Waals surface area contributed by atoms with E-state index in [9.17, 15) is 0 Å². The van der Waals surface area contributed by atoms with Crippen molar-refractivity contribution in [1.29, 1.82) is 5.41 Å². The Morgan fingerprint density at radius 1 is 1.39 bits per heavy atom. The van der Waals surface area contributed by atoms with Gasteiger partial charge in [-0.25, -0.2) is 0 Å². The summed E-state index contributed by atoms with van der Waals surface area (Å²) in [6.45, 7) is 0.761. The van der Waals surface area contributed by atoms with E-state index in [1.165, 1.54) is 6.21 Å². The third-order valence-electron chi connectivity index (χ3n) is 2.91. The summed E-state index contributed by atoms with van der Waals surface area (Å²) < 4.78 is 6.43. The van der Waals surface area contributed by atoms with Crippen molar-refractivity contribution in [3.8, 4) is 0 Å². The maximum Gasteiger partial charge on any atom is 0.127 e. The van der Waals surface area contributed by atoms with E-state index in [0.29, 0.717) is 11.3 Å². The highest BCUT2D eigenvalue weighted by Gasteiger charge is 2.16. The minimum atomic E-state index is -0.0294. The average molecular weight is 314 g/mol. The molecule has 1 aromatic rings. The molecule has 2 rings (SSSR count). The molecule has 1 atom stereocenters. The molecule has 0 aliphatic carbocycles. The Morgan fingerprint density at radius 3 is 2.78 bits per heavy atom. The Balaban J connectivity index is 2.24. The Morgan fingerprint density at radius 2 is 2.17 bits per heavy atom. The van der Waals surface area contributed by atoms with Gasteiger partial charge >= 0.3 is 0 Å². The molecule has 18 heavy (non-hydrogen) atoms. The van der Waals surface area contributed by atoms with E-state index in [-0.39, 0.29) is 6.23 Å². The second-order valence-electron chi connectivity index (χ2n) is 4.17. The van der Waals surface area contributed by atoms with Crippen LogP contribution in [0.25, 0.3) is 0 Å². The van der Waals surface area contributed by atoms with Crippen LogP contribution in [0.1, 0.15) is 24.8 Å². The summed E-state index contributed by atoms with van der Waals surface area (Å²) in [5, 5.41) is 19.8. The molecule has 1 aromatic carbocycles. The lowest BCUT2D eigenvalue weighted by molar-refractivity contribution is 0.0343. The number of benzene rings is 1. The van der Waals surface area contributed by atoms with Crippen molar-refractivity contribution < 1.29 is 9.94 Å². The molecule has 6 heteroatoms. The molecule has 1 saturated heterocycles. The van der Waals surface area contributed by atoms with Crippen LogP contribution in [0.4, 0.5) is 11.4 Å². The second kappa shape index (κ2) is 6.17. The Labute approximate surface area is 114 Å². The summed E-state index contributed by atoms with van der Waals surface area (Å²) in [6.07, 6.45) is 4.36. The minimum absolute atomic E-state index is 0.0294. The minimum Gasteiger partial charge on any atom is -0.360 e. The zero-order valence-corrected chi connectivity index (χ0v) is 11.5. The molecule has 1 fully saturated rings. The van der Waals surface area contributed by atoms with E-state index in [0.717, 1.165) is 36.0 Å². The molecule has 0 radical (unpaired) electrons. The van der Waals surface area contributed by atoms with Crippen LogP contribution in [0.2, 0.25) is 0 Å². The quantitative estimate of drug-likeness (QED) is 0.508. The molecule has 0 saturated carbocycles. The number of halogens is 1. The van der Waals surface area contributed by atoms with Crippen molar-refractivity contribution in [3.63, 3.8) is 0 Å². The fraction of sp³-hybridized carbons (Fsp3) is 0.417. The number of rotatable bonds is 4. The molecule has 5 nitrogen and oxygen atoms in total. The fourth-order valence-corrected chi connectivity index (χ4v) is 2.47. The van der Waals surface area contributed by atoms with Gasteiger partial charge in [-0.05, 0) is 31.4 Å². The van der Waals surface area contributed by atoms with Crippen molar-refractivity contribution >= 4 is 33.5 Å². The Kier molecular flexibility index (Phi) is 4.57. The van der Waals surface area contributed by atoms with Crippen LogP contribution in [0.5, 0.6) is 0 Å². The smallest absolute Gasteiger partial charge is 0.127 e. The third-order valence-corrected chi connectivity index (χ3v) is 3.36. The van der Waals surface area contributed by atoms with E-state index >= 15 is 0 Å². The molecule has 0 spiro atoms. The predicted octanol–water partition coefficient (Wildman–Crippen LogP) is 3.19. The van der Waals surface area contributed by atoms with Gasteiger partial charge in [-0.3, -0.25) is 10.7 Å². The van der Waals surface area contributed by atoms with Crippen LogP contribution in [0, 0.1) is 5.41 Å². The van der Waals surface area contributed by atoms with Crippen LogP contribution in [0.3, 0.4) is 0 Å². The lowest BCUT2D eigenvalue weighted by atomic mass is 10.1. The number of hydrogen-bond donors (Lipinski definition) is 4. The molecule has 0 amide bonds. The molecule has 98 valence electrons. The van der Waals surface area contributed by atoms with Gasteiger partial charge in [-0.15, -0.1) is 0 Å². The van der Waals surface area contributed by atoms with Gasteiger partial charge in [0.2, 0.25) is 0 Å². The molecule has 0 bridgehead atoms. The predicted molar refractivity (Wildman–Crippen MR) is 74.7 cm³/mol. The largest absolute Gasteiger partial charge is 0.360 e. The first-order valence-electron chi connectivity index (χ1n) is 5.87. The zero-order valence-electron chi connectivity index (χ0n) is 9.87. The second-order valence-corrected chi connectivity index (χ2v) is 5.09. The van der Waals surface area contributed by atoms with Gasteiger partial charge < -0.3 is 15.5 Å². The van der Waals surface area contributed by atoms with Crippen molar-refractivity contribution in [3.05, 3.63) is 22.2 Å². The highest BCUT2D eigenvalue weighted by Crippen LogP contribution is 2.29. The molecule has 1 unspecified atom stereocenters. The van der Waals surface area contributed by atoms with E-state index < -0.39 is 0 Å². The van der Waals surface area contributed by atoms with E-state index in [4.69, 9.17) is 15.4 Å². The topological polar surface area (TPSA) is 77.4 Å². The fourth-order valence-electron chi connectivity index (χ4n) is 2.01. The lowest BCUT2D eigenvalue weighted by Crippen LogP contribution is -2.27. The monoisotopic (exact) mass is 313 g/mol. The summed E-state index contributed by atoms with van der Waals surface area (Å²) in [7, 11) is 0. The van der Waals surface area contributed by atoms with Gasteiger partial charge in [0, 0.05) is 28.5 Å². The highest BCUT2D eigenvalue weighted by molar-refractivity contribution is 9.10. The summed E-state index contributed by atoms with van der Waals surface area (Å²) in [5.74, 6) is 0. The lowest BCUT2D eigenvalue weighted by Gasteiger charge is -2.25. The summed E-state index contributed by atoms with van der Waals surface area (Å²) in [5.41, 5.74) is 3.96. The van der Waals surface area contributed by atoms with Gasteiger partial charge in [-0.1, -0.05) is 15.9 Å². The number of hydrogen-bond acceptors (Lipinski definition) is 5. The van der Waals surface area contributed by atoms with Crippen molar-refractivity contribution in [2.45, 2.75) is 25.5 Å². The van der Waals surface area contributed by atoms with Crippen molar-refractivity contribution in [2.75, 3.05) is 17.4 Å². The Hall–Kier alpha value is -1.11. The summed E-state index contributed by atoms with van der Waals surface area (Å²) in [6, 6.07) is 3.59. The molecular weight excluding hydrogens is 298 g/mol. The van der Waals surface area contributed by atoms with Crippen molar-refractivity contribution in [2.24, 2.45) is 0 Å². The van der Waals surface area contributed by atoms with E-state index in [2.05, 4.69) is 26.7 Å². The first-order chi connectivity index (χ1) is 8.74. The maximum absolute atomic E-state index is 9.07. The van der Waals surface area contributed by atoms with Gasteiger partial charge in [0.05, 0.1) is 5.69 Å². The Bertz CT molecular complexity index is 434. The molecular formula is C12H16BrN3O2. The number of ether oxygens (including phenoxy) is 1. The first-order valence-corrected chi connectivity index (χ1v) is 6.66. The SMILES string of the molecule is N=Cc1c(NO)cc(Br)cc1NC1CCCCO1. The third kappa shape index (κ3) is 3.01. The van der Waals surface area contributed by atoms with E-state index in [1.54, 1.807) is 6.07 Å².